The van der Waals surface area contributed by atoms with Crippen LogP contribution in [0.2, 0.25) is 0 Å². The Morgan fingerprint density at radius 3 is 1.09 bits per heavy atom. The smallest absolute Gasteiger partial charge is 0.335 e. The van der Waals surface area contributed by atoms with Crippen LogP contribution in [0.5, 0.6) is 0 Å². The first-order valence-electron chi connectivity index (χ1n) is 23.0. The van der Waals surface area contributed by atoms with Crippen molar-refractivity contribution in [2.45, 2.75) is 52.9 Å². The van der Waals surface area contributed by atoms with Crippen LogP contribution in [0, 0.1) is 37.7 Å². The van der Waals surface area contributed by atoms with Crippen molar-refractivity contribution in [1.29, 1.82) is 0 Å². The van der Waals surface area contributed by atoms with E-state index >= 15 is 0 Å². The van der Waals surface area contributed by atoms with E-state index in [4.69, 9.17) is 27.4 Å². The number of carbonyl (C=O) groups excluding carboxylic acids is 5. The lowest BCUT2D eigenvalue weighted by molar-refractivity contribution is -0.385. The number of halogens is 3. The molecule has 0 unspecified atom stereocenters. The number of nitro benzene ring substituents is 2. The van der Waals surface area contributed by atoms with Gasteiger partial charge in [0.25, 0.3) is 11.4 Å². The van der Waals surface area contributed by atoms with Gasteiger partial charge in [-0.3, -0.25) is 44.2 Å². The molecule has 0 atom stereocenters. The van der Waals surface area contributed by atoms with Gasteiger partial charge < -0.3 is 27.4 Å². The highest BCUT2D eigenvalue weighted by atomic mass is 19.1. The number of carbonyl (C=O) groups is 7. The normalized spacial score (nSPS) is 9.97. The molecule has 21 heteroatoms. The summed E-state index contributed by atoms with van der Waals surface area (Å²) in [5.74, 6) is -3.83. The van der Waals surface area contributed by atoms with Gasteiger partial charge in [0.05, 0.1) is 21.0 Å². The number of nitrogens with zero attached hydrogens (tertiary/aromatic N) is 2. The summed E-state index contributed by atoms with van der Waals surface area (Å²) in [4.78, 5) is 97.7. The third-order valence-electron chi connectivity index (χ3n) is 10.5. The van der Waals surface area contributed by atoms with Crippen molar-refractivity contribution in [1.82, 2.24) is 0 Å². The number of ketones is 5. The largest absolute Gasteiger partial charge is 0.478 e. The van der Waals surface area contributed by atoms with Crippen LogP contribution in [-0.4, -0.2) is 60.9 Å². The van der Waals surface area contributed by atoms with Gasteiger partial charge in [-0.05, 0) is 116 Å². The van der Waals surface area contributed by atoms with Crippen LogP contribution in [0.3, 0.4) is 0 Å². The summed E-state index contributed by atoms with van der Waals surface area (Å²) >= 11 is 0. The number of carboxylic acid groups (broad SMARTS) is 2. The Labute approximate surface area is 444 Å². The van der Waals surface area contributed by atoms with E-state index in [0.717, 1.165) is 53.1 Å². The molecule has 7 aromatic rings. The van der Waals surface area contributed by atoms with Crippen molar-refractivity contribution in [2.75, 3.05) is 17.2 Å². The van der Waals surface area contributed by atoms with E-state index in [-0.39, 0.29) is 81.9 Å². The number of nitrogens with two attached hydrogens (primary N) is 3. The Bertz CT molecular complexity index is 3300. The van der Waals surface area contributed by atoms with Crippen molar-refractivity contribution in [3.63, 3.8) is 0 Å². The zero-order valence-electron chi connectivity index (χ0n) is 42.1. The first kappa shape index (κ1) is 62.1. The van der Waals surface area contributed by atoms with Crippen molar-refractivity contribution in [2.24, 2.45) is 0 Å². The molecule has 404 valence electrons. The fourth-order valence-corrected chi connectivity index (χ4v) is 6.71. The molecule has 0 spiro atoms. The van der Waals surface area contributed by atoms with Gasteiger partial charge in [-0.1, -0.05) is 60.7 Å². The standard InChI is InChI=1S/C17H14FNO4.C17H16FNO2.C10H10O3.C7H7NO2.C6H5FN2O2/c1-11(20)8-12-2-4-13(5-3-12)17(21)10-14-9-15(18)6-7-16(14)19(22)23;1-11(20)8-12-2-4-13(5-3-12)17(21)10-14-9-15(18)6-7-16(14)19;1-7(11)6-8-2-4-9(5-3-8)10(12)13;8-6-3-1-5(2-4-6)7(9)10;7-4-1-2-6(9(10)11)5(8)3-4/h2-7,9H,8,10H2,1H3;2-7,9H,8,10,19H2,1H3;2-5H,6H2,1H3,(H,12,13);1-4H,8H2,(H,9,10);1-3H,8H2. The number of anilines is 3. The molecule has 18 nitrogen and oxygen atoms in total. The third kappa shape index (κ3) is 21.7. The number of hydrogen-bond acceptors (Lipinski definition) is 14. The Hall–Kier alpha value is -10.2. The molecule has 7 aromatic carbocycles. The van der Waals surface area contributed by atoms with Gasteiger partial charge in [0, 0.05) is 78.4 Å². The summed E-state index contributed by atoms with van der Waals surface area (Å²) in [5, 5.41) is 38.1. The van der Waals surface area contributed by atoms with E-state index in [1.165, 1.54) is 63.2 Å². The number of rotatable bonds is 16. The van der Waals surface area contributed by atoms with Gasteiger partial charge in [-0.15, -0.1) is 0 Å². The van der Waals surface area contributed by atoms with Gasteiger partial charge in [0.15, 0.2) is 11.6 Å². The second-order valence-electron chi connectivity index (χ2n) is 17.0. The molecule has 0 aliphatic heterocycles. The zero-order valence-corrected chi connectivity index (χ0v) is 42.1. The van der Waals surface area contributed by atoms with Crippen LogP contribution in [-0.2, 0) is 46.5 Å². The van der Waals surface area contributed by atoms with Gasteiger partial charge >= 0.3 is 11.9 Å². The molecule has 0 heterocycles. The molecule has 0 fully saturated rings. The summed E-state index contributed by atoms with van der Waals surface area (Å²) < 4.78 is 38.8. The minimum Gasteiger partial charge on any atom is -0.478 e. The van der Waals surface area contributed by atoms with E-state index < -0.39 is 39.2 Å². The summed E-state index contributed by atoms with van der Waals surface area (Å²) in [7, 11) is 0. The molecule has 8 N–H and O–H groups in total. The Kier molecular flexibility index (Phi) is 24.1. The zero-order chi connectivity index (χ0) is 58.2. The van der Waals surface area contributed by atoms with Crippen LogP contribution in [0.25, 0.3) is 0 Å². The lowest BCUT2D eigenvalue weighted by Crippen LogP contribution is -2.07. The number of benzene rings is 7. The molecule has 0 saturated carbocycles. The molecule has 78 heavy (non-hydrogen) atoms. The fourth-order valence-electron chi connectivity index (χ4n) is 6.71. The first-order chi connectivity index (χ1) is 36.7. The molecular formula is C57H52F3N5O13. The van der Waals surface area contributed by atoms with Gasteiger partial charge in [0.1, 0.15) is 40.5 Å². The van der Waals surface area contributed by atoms with E-state index in [9.17, 15) is 67.0 Å². The topological polar surface area (TPSA) is 324 Å². The molecule has 0 aliphatic rings. The predicted octanol–water partition coefficient (Wildman–Crippen LogP) is 10.1. The minimum atomic E-state index is -0.950. The van der Waals surface area contributed by atoms with Crippen LogP contribution in [0.4, 0.5) is 41.6 Å². The highest BCUT2D eigenvalue weighted by molar-refractivity contribution is 5.99. The van der Waals surface area contributed by atoms with Crippen molar-refractivity contribution >= 4 is 69.3 Å². The van der Waals surface area contributed by atoms with Crippen LogP contribution >= 0.6 is 0 Å². The predicted molar refractivity (Wildman–Crippen MR) is 285 cm³/mol. The highest BCUT2D eigenvalue weighted by Gasteiger charge is 2.19. The maximum Gasteiger partial charge on any atom is 0.335 e. The highest BCUT2D eigenvalue weighted by Crippen LogP contribution is 2.23. The summed E-state index contributed by atoms with van der Waals surface area (Å²) in [6, 6.07) is 35.7. The van der Waals surface area contributed by atoms with Gasteiger partial charge in [-0.25, -0.2) is 22.8 Å². The molecule has 0 amide bonds. The van der Waals surface area contributed by atoms with E-state index in [1.807, 2.05) is 0 Å². The quantitative estimate of drug-likeness (QED) is 0.0260. The fraction of sp³-hybridized carbons (Fsp3) is 0.140. The Morgan fingerprint density at radius 1 is 0.410 bits per heavy atom. The lowest BCUT2D eigenvalue weighted by atomic mass is 9.99. The van der Waals surface area contributed by atoms with Crippen molar-refractivity contribution < 1.29 is 66.8 Å². The number of nitrogen functional groups attached to an aromatic ring is 3. The van der Waals surface area contributed by atoms with Crippen LogP contribution in [0.1, 0.15) is 90.0 Å². The summed E-state index contributed by atoms with van der Waals surface area (Å²) in [6.45, 7) is 4.50. The Balaban J connectivity index is 0.000000267. The molecule has 0 aliphatic carbocycles. The lowest BCUT2D eigenvalue weighted by Gasteiger charge is -2.06. The second kappa shape index (κ2) is 30.3. The minimum absolute atomic E-state index is 0.0134. The molecule has 0 bridgehead atoms. The number of nitro groups is 2. The number of hydrogen-bond donors (Lipinski definition) is 5. The molecule has 7 rings (SSSR count). The average Bonchev–Trinajstić information content (AvgIpc) is 3.36. The number of carboxylic acids is 2. The molecular weight excluding hydrogens is 1020 g/mol. The SMILES string of the molecule is CC(=O)Cc1ccc(C(=O)Cc2cc(F)ccc2N)cc1.CC(=O)Cc1ccc(C(=O)Cc2cc(F)ccc2[N+](=O)[O-])cc1.CC(=O)Cc1ccc(C(=O)O)cc1.Nc1cc(F)ccc1[N+](=O)[O-].Nc1ccc(C(=O)O)cc1. The third-order valence-corrected chi connectivity index (χ3v) is 10.5. The first-order valence-corrected chi connectivity index (χ1v) is 23.0. The second-order valence-corrected chi connectivity index (χ2v) is 17.0. The van der Waals surface area contributed by atoms with Crippen LogP contribution in [0.15, 0.2) is 152 Å². The number of Topliss-reactive ketones (excluding diaryl/α,β-unsaturated/α-hetero) is 5. The van der Waals surface area contributed by atoms with E-state index in [2.05, 4.69) is 0 Å². The van der Waals surface area contributed by atoms with Gasteiger partial charge in [0.2, 0.25) is 0 Å². The van der Waals surface area contributed by atoms with Crippen molar-refractivity contribution in [3.8, 4) is 0 Å². The van der Waals surface area contributed by atoms with Crippen LogP contribution < -0.4 is 17.2 Å². The Morgan fingerprint density at radius 2 is 0.731 bits per heavy atom. The summed E-state index contributed by atoms with van der Waals surface area (Å²) in [6.07, 6.45) is 0.783. The van der Waals surface area contributed by atoms with E-state index in [1.54, 1.807) is 72.8 Å². The maximum absolute atomic E-state index is 13.3. The number of aromatic carboxylic acids is 2. The molecule has 0 saturated heterocycles. The average molecular weight is 1070 g/mol. The maximum atomic E-state index is 13.3. The van der Waals surface area contributed by atoms with E-state index in [0.29, 0.717) is 40.9 Å². The molecule has 0 aromatic heterocycles. The van der Waals surface area contributed by atoms with Gasteiger partial charge in [-0.2, -0.15) is 0 Å². The van der Waals surface area contributed by atoms with Crippen molar-refractivity contribution in [3.05, 3.63) is 239 Å². The monoisotopic (exact) mass is 1070 g/mol. The molecule has 0 radical (unpaired) electrons. The summed E-state index contributed by atoms with van der Waals surface area (Å²) in [5.41, 5.74) is 20.9.